The molecule has 2 fully saturated rings. The van der Waals surface area contributed by atoms with E-state index >= 15 is 0 Å². The quantitative estimate of drug-likeness (QED) is 0.364. The molecule has 1 unspecified atom stereocenters. The van der Waals surface area contributed by atoms with Crippen LogP contribution in [0.5, 0.6) is 0 Å². The first kappa shape index (κ1) is 27.7. The van der Waals surface area contributed by atoms with Crippen molar-refractivity contribution in [3.63, 3.8) is 0 Å². The fourth-order valence-electron chi connectivity index (χ4n) is 5.88. The van der Waals surface area contributed by atoms with E-state index in [9.17, 15) is 4.79 Å². The zero-order chi connectivity index (χ0) is 25.9. The molecule has 0 aromatic heterocycles. The Morgan fingerprint density at radius 3 is 2.06 bits per heavy atom. The average Bonchev–Trinajstić information content (AvgIpc) is 2.78. The van der Waals surface area contributed by atoms with Gasteiger partial charge >= 0.3 is 6.16 Å². The van der Waals surface area contributed by atoms with E-state index in [0.29, 0.717) is 0 Å². The van der Waals surface area contributed by atoms with Gasteiger partial charge in [0, 0.05) is 16.5 Å². The van der Waals surface area contributed by atoms with Gasteiger partial charge in [0.05, 0.1) is 0 Å². The molecule has 35 heavy (non-hydrogen) atoms. The van der Waals surface area contributed by atoms with Crippen molar-refractivity contribution in [3.05, 3.63) is 42.0 Å². The lowest BCUT2D eigenvalue weighted by molar-refractivity contribution is -0.311. The van der Waals surface area contributed by atoms with Gasteiger partial charge in [0.2, 0.25) is 0 Å². The summed E-state index contributed by atoms with van der Waals surface area (Å²) in [6.45, 7) is 19.3. The Kier molecular flexibility index (Phi) is 8.43. The summed E-state index contributed by atoms with van der Waals surface area (Å²) < 4.78 is 11.9. The summed E-state index contributed by atoms with van der Waals surface area (Å²) in [5, 5.41) is 2.13. The van der Waals surface area contributed by atoms with Crippen LogP contribution >= 0.6 is 0 Å². The van der Waals surface area contributed by atoms with Crippen LogP contribution in [0, 0.1) is 5.41 Å². The highest BCUT2D eigenvalue weighted by Crippen LogP contribution is 2.45. The molecule has 1 aliphatic heterocycles. The molecular weight excluding hydrogens is 438 g/mol. The topological polar surface area (TPSA) is 48.0 Å². The van der Waals surface area contributed by atoms with Gasteiger partial charge in [-0.25, -0.2) is 4.79 Å². The maximum absolute atomic E-state index is 13.0. The summed E-state index contributed by atoms with van der Waals surface area (Å²) >= 11 is 0. The molecule has 1 aromatic carbocycles. The van der Waals surface area contributed by atoms with Crippen molar-refractivity contribution in [2.75, 3.05) is 6.61 Å². The van der Waals surface area contributed by atoms with Crippen LogP contribution in [0.15, 0.2) is 30.8 Å². The standard InChI is InChI=1S/C30H47NO4/c1-9-23-14-16-24(17-15-23)25(35-31-28(5,6)18-13-19-29(31,7)8)22-33-26(32)34-30(27(2,3)4)20-11-10-12-21-30/h9,14-17,25H,1,10-13,18-22H2,2-8H3. The normalized spacial score (nSPS) is 22.7. The van der Waals surface area contributed by atoms with E-state index in [1.165, 1.54) is 6.42 Å². The van der Waals surface area contributed by atoms with Crippen molar-refractivity contribution < 1.29 is 19.1 Å². The number of carbonyl (C=O) groups is 1. The highest BCUT2D eigenvalue weighted by atomic mass is 16.8. The fourth-order valence-corrected chi connectivity index (χ4v) is 5.88. The number of hydrogen-bond donors (Lipinski definition) is 0. The van der Waals surface area contributed by atoms with Crippen LogP contribution in [0.25, 0.3) is 6.08 Å². The molecule has 0 bridgehead atoms. The Bertz CT molecular complexity index is 843. The molecule has 1 saturated heterocycles. The SMILES string of the molecule is C=Cc1ccc(C(COC(=O)OC2(C(C)(C)C)CCCCC2)ON2C(C)(C)CCCC2(C)C)cc1. The largest absolute Gasteiger partial charge is 0.508 e. The predicted octanol–water partition coefficient (Wildman–Crippen LogP) is 8.25. The van der Waals surface area contributed by atoms with E-state index in [2.05, 4.69) is 60.1 Å². The lowest BCUT2D eigenvalue weighted by Gasteiger charge is -2.52. The van der Waals surface area contributed by atoms with Gasteiger partial charge in [-0.2, -0.15) is 5.06 Å². The highest BCUT2D eigenvalue weighted by molar-refractivity contribution is 5.61. The maximum atomic E-state index is 13.0. The Hall–Kier alpha value is -1.85. The van der Waals surface area contributed by atoms with Crippen LogP contribution in [0.3, 0.4) is 0 Å². The molecule has 5 heteroatoms. The van der Waals surface area contributed by atoms with Gasteiger partial charge in [-0.05, 0) is 83.8 Å². The molecule has 1 aromatic rings. The molecule has 1 aliphatic carbocycles. The van der Waals surface area contributed by atoms with Crippen LogP contribution in [-0.2, 0) is 14.3 Å². The summed E-state index contributed by atoms with van der Waals surface area (Å²) in [7, 11) is 0. The van der Waals surface area contributed by atoms with E-state index < -0.39 is 17.9 Å². The van der Waals surface area contributed by atoms with Gasteiger partial charge in [-0.3, -0.25) is 4.84 Å². The molecule has 0 spiro atoms. The van der Waals surface area contributed by atoms with Crippen LogP contribution in [-0.4, -0.2) is 34.5 Å². The number of rotatable bonds is 7. The molecule has 0 radical (unpaired) electrons. The Labute approximate surface area is 213 Å². The number of carbonyl (C=O) groups excluding carboxylic acids is 1. The summed E-state index contributed by atoms with van der Waals surface area (Å²) in [5.74, 6) is 0. The minimum Gasteiger partial charge on any atom is -0.431 e. The number of hydrogen-bond acceptors (Lipinski definition) is 5. The minimum atomic E-state index is -0.602. The summed E-state index contributed by atoms with van der Waals surface area (Å²) in [4.78, 5) is 19.7. The molecule has 196 valence electrons. The predicted molar refractivity (Wildman–Crippen MR) is 142 cm³/mol. The zero-order valence-corrected chi connectivity index (χ0v) is 23.1. The second-order valence-electron chi connectivity index (χ2n) is 12.7. The van der Waals surface area contributed by atoms with E-state index in [1.807, 2.05) is 30.3 Å². The average molecular weight is 486 g/mol. The van der Waals surface area contributed by atoms with Crippen LogP contribution in [0.4, 0.5) is 4.79 Å². The van der Waals surface area contributed by atoms with Crippen molar-refractivity contribution in [1.29, 1.82) is 0 Å². The molecule has 0 N–H and O–H groups in total. The van der Waals surface area contributed by atoms with Gasteiger partial charge in [-0.15, -0.1) is 0 Å². The molecule has 5 nitrogen and oxygen atoms in total. The maximum Gasteiger partial charge on any atom is 0.508 e. The molecule has 3 rings (SSSR count). The molecular formula is C30H47NO4. The second kappa shape index (κ2) is 10.6. The first-order valence-electron chi connectivity index (χ1n) is 13.4. The molecule has 2 aliphatic rings. The number of ether oxygens (including phenoxy) is 2. The Morgan fingerprint density at radius 2 is 1.54 bits per heavy atom. The van der Waals surface area contributed by atoms with Crippen LogP contribution in [0.1, 0.15) is 117 Å². The zero-order valence-electron chi connectivity index (χ0n) is 23.1. The summed E-state index contributed by atoms with van der Waals surface area (Å²) in [6.07, 6.45) is 9.15. The third-order valence-electron chi connectivity index (χ3n) is 8.11. The smallest absolute Gasteiger partial charge is 0.431 e. The number of piperidine rings is 1. The molecule has 1 saturated carbocycles. The second-order valence-corrected chi connectivity index (χ2v) is 12.7. The molecule has 1 atom stereocenters. The van der Waals surface area contributed by atoms with Crippen LogP contribution in [0.2, 0.25) is 0 Å². The van der Waals surface area contributed by atoms with Gasteiger partial charge < -0.3 is 9.47 Å². The highest BCUT2D eigenvalue weighted by Gasteiger charge is 2.47. The van der Waals surface area contributed by atoms with E-state index in [0.717, 1.165) is 56.1 Å². The number of nitrogens with zero attached hydrogens (tertiary/aromatic N) is 1. The van der Waals surface area contributed by atoms with Gasteiger partial charge in [0.15, 0.2) is 0 Å². The Morgan fingerprint density at radius 1 is 0.971 bits per heavy atom. The molecule has 1 heterocycles. The van der Waals surface area contributed by atoms with Gasteiger partial charge in [-0.1, -0.05) is 64.1 Å². The van der Waals surface area contributed by atoms with Gasteiger partial charge in [0.1, 0.15) is 18.3 Å². The monoisotopic (exact) mass is 485 g/mol. The third kappa shape index (κ3) is 6.48. The van der Waals surface area contributed by atoms with Crippen LogP contribution < -0.4 is 0 Å². The van der Waals surface area contributed by atoms with Crippen molar-refractivity contribution in [3.8, 4) is 0 Å². The third-order valence-corrected chi connectivity index (χ3v) is 8.11. The van der Waals surface area contributed by atoms with E-state index in [1.54, 1.807) is 0 Å². The first-order valence-corrected chi connectivity index (χ1v) is 13.4. The fraction of sp³-hybridized carbons (Fsp3) is 0.700. The Balaban J connectivity index is 1.79. The van der Waals surface area contributed by atoms with Crippen molar-refractivity contribution in [2.45, 2.75) is 123 Å². The number of hydroxylamine groups is 2. The lowest BCUT2D eigenvalue weighted by atomic mass is 9.68. The van der Waals surface area contributed by atoms with Gasteiger partial charge in [0.25, 0.3) is 0 Å². The lowest BCUT2D eigenvalue weighted by Crippen LogP contribution is -2.58. The van der Waals surface area contributed by atoms with Crippen molar-refractivity contribution >= 4 is 12.2 Å². The minimum absolute atomic E-state index is 0.0924. The van der Waals surface area contributed by atoms with Crippen molar-refractivity contribution in [2.24, 2.45) is 5.41 Å². The summed E-state index contributed by atoms with van der Waals surface area (Å²) in [5.41, 5.74) is 1.12. The summed E-state index contributed by atoms with van der Waals surface area (Å²) in [6, 6.07) is 8.08. The first-order chi connectivity index (χ1) is 16.3. The molecule has 0 amide bonds. The number of benzene rings is 1. The van der Waals surface area contributed by atoms with E-state index in [4.69, 9.17) is 14.3 Å². The van der Waals surface area contributed by atoms with E-state index in [-0.39, 0.29) is 23.1 Å². The van der Waals surface area contributed by atoms with Crippen molar-refractivity contribution in [1.82, 2.24) is 5.06 Å².